The molecule has 3 aromatic rings. The Morgan fingerprint density at radius 3 is 1.16 bits per heavy atom. The topological polar surface area (TPSA) is 36.9 Å². The molecule has 0 unspecified atom stereocenters. The number of para-hydroxylation sites is 3. The molecule has 4 nitrogen and oxygen atoms in total. The lowest BCUT2D eigenvalue weighted by Gasteiger charge is -2.26. The van der Waals surface area contributed by atoms with Crippen LogP contribution in [-0.2, 0) is 4.43 Å². The van der Waals surface area contributed by atoms with Gasteiger partial charge in [-0.1, -0.05) is 61.2 Å². The molecule has 0 aliphatic rings. The zero-order chi connectivity index (χ0) is 17.4. The number of rotatable bonds is 8. The van der Waals surface area contributed by atoms with Crippen LogP contribution in [0.4, 0.5) is 0 Å². The van der Waals surface area contributed by atoms with Gasteiger partial charge in [-0.3, -0.25) is 0 Å². The van der Waals surface area contributed by atoms with Crippen LogP contribution in [0.2, 0.25) is 0 Å². The van der Waals surface area contributed by atoms with Crippen LogP contribution in [0.15, 0.2) is 104 Å². The molecule has 5 heteroatoms. The van der Waals surface area contributed by atoms with Gasteiger partial charge in [-0.25, -0.2) is 0 Å². The first-order chi connectivity index (χ1) is 12.3. The zero-order valence-corrected chi connectivity index (χ0v) is 14.6. The number of benzene rings is 3. The Kier molecular flexibility index (Phi) is 5.38. The Labute approximate surface area is 148 Å². The minimum Gasteiger partial charge on any atom is -0.460 e. The molecule has 126 valence electrons. The van der Waals surface area contributed by atoms with Crippen molar-refractivity contribution < 1.29 is 17.7 Å². The molecule has 0 aliphatic heterocycles. The highest BCUT2D eigenvalue weighted by Gasteiger charge is 2.57. The molecule has 0 aromatic heterocycles. The van der Waals surface area contributed by atoms with Gasteiger partial charge in [0.15, 0.2) is 0 Å². The van der Waals surface area contributed by atoms with Crippen molar-refractivity contribution in [1.29, 1.82) is 0 Å². The van der Waals surface area contributed by atoms with E-state index in [0.29, 0.717) is 17.2 Å². The largest absolute Gasteiger partial charge is 0.966 e. The predicted octanol–water partition coefficient (Wildman–Crippen LogP) is 4.82. The normalized spacial score (nSPS) is 10.6. The first-order valence-corrected chi connectivity index (χ1v) is 9.44. The summed E-state index contributed by atoms with van der Waals surface area (Å²) in [7, 11) is -3.64. The molecule has 0 aliphatic carbocycles. The van der Waals surface area contributed by atoms with E-state index in [9.17, 15) is 0 Å². The lowest BCUT2D eigenvalue weighted by molar-refractivity contribution is 0.138. The second-order valence-electron chi connectivity index (χ2n) is 5.03. The highest BCUT2D eigenvalue weighted by Crippen LogP contribution is 2.24. The van der Waals surface area contributed by atoms with Crippen LogP contribution in [0.1, 0.15) is 0 Å². The molecule has 25 heavy (non-hydrogen) atoms. The quantitative estimate of drug-likeness (QED) is 0.431. The first-order valence-electron chi connectivity index (χ1n) is 7.80. The number of hydrogen-bond donors (Lipinski definition) is 0. The van der Waals surface area contributed by atoms with Gasteiger partial charge in [-0.2, -0.15) is 0 Å². The molecule has 0 bridgehead atoms. The van der Waals surface area contributed by atoms with E-state index >= 15 is 0 Å². The third-order valence-electron chi connectivity index (χ3n) is 3.19. The van der Waals surface area contributed by atoms with Crippen molar-refractivity contribution in [2.45, 2.75) is 0 Å². The van der Waals surface area contributed by atoms with E-state index < -0.39 is 9.05 Å². The summed E-state index contributed by atoms with van der Waals surface area (Å²) >= 11 is 0. The fraction of sp³-hybridized carbons (Fsp3) is 0. The van der Waals surface area contributed by atoms with E-state index in [1.165, 1.54) is 6.26 Å². The smallest absolute Gasteiger partial charge is 0.460 e. The highest BCUT2D eigenvalue weighted by atomic mass is 28.4. The van der Waals surface area contributed by atoms with Crippen molar-refractivity contribution >= 4 is 9.05 Å². The van der Waals surface area contributed by atoms with Gasteiger partial charge >= 0.3 is 9.05 Å². The van der Waals surface area contributed by atoms with E-state index in [1.807, 2.05) is 91.0 Å². The second-order valence-corrected chi connectivity index (χ2v) is 6.88. The lowest BCUT2D eigenvalue weighted by atomic mass is 10.3. The Hall–Kier alpha value is -3.18. The summed E-state index contributed by atoms with van der Waals surface area (Å²) < 4.78 is 23.8. The molecule has 0 saturated heterocycles. The molecule has 0 N–H and O–H groups in total. The molecule has 0 saturated carbocycles. The van der Waals surface area contributed by atoms with Crippen LogP contribution in [0.5, 0.6) is 17.2 Å². The Morgan fingerprint density at radius 1 is 0.560 bits per heavy atom. The van der Waals surface area contributed by atoms with Crippen LogP contribution >= 0.6 is 0 Å². The van der Waals surface area contributed by atoms with Crippen LogP contribution in [-0.4, -0.2) is 9.05 Å². The minimum atomic E-state index is -3.64. The Morgan fingerprint density at radius 2 is 0.880 bits per heavy atom. The molecule has 3 rings (SSSR count). The van der Waals surface area contributed by atoms with Gasteiger partial charge in [0.2, 0.25) is 0 Å². The van der Waals surface area contributed by atoms with Gasteiger partial charge in [0.25, 0.3) is 0 Å². The summed E-state index contributed by atoms with van der Waals surface area (Å²) in [5, 5.41) is 0. The summed E-state index contributed by atoms with van der Waals surface area (Å²) in [5.74, 6) is 1.76. The van der Waals surface area contributed by atoms with Crippen molar-refractivity contribution in [2.24, 2.45) is 0 Å². The molecule has 3 aromatic carbocycles. The third kappa shape index (κ3) is 4.65. The van der Waals surface area contributed by atoms with Gasteiger partial charge in [0, 0.05) is 0 Å². The Balaban J connectivity index is 1.95. The average Bonchev–Trinajstić information content (AvgIpc) is 2.64. The van der Waals surface area contributed by atoms with Crippen molar-refractivity contribution in [2.75, 3.05) is 0 Å². The standard InChI is InChI=1S/C20H18O4Si/c1-2-21-25(22-18-12-6-3-7-13-18,23-19-14-8-4-9-15-19)24-20-16-10-5-11-17-20/h2-17H,1H2. The van der Waals surface area contributed by atoms with Gasteiger partial charge in [-0.05, 0) is 36.4 Å². The fourth-order valence-electron chi connectivity index (χ4n) is 2.14. The van der Waals surface area contributed by atoms with Crippen molar-refractivity contribution in [1.82, 2.24) is 0 Å². The monoisotopic (exact) mass is 350 g/mol. The van der Waals surface area contributed by atoms with Gasteiger partial charge in [0.1, 0.15) is 17.2 Å². The highest BCUT2D eigenvalue weighted by molar-refractivity contribution is 6.56. The maximum Gasteiger partial charge on any atom is 0.966 e. The fourth-order valence-corrected chi connectivity index (χ4v) is 3.88. The maximum absolute atomic E-state index is 6.05. The number of hydrogen-bond acceptors (Lipinski definition) is 4. The maximum atomic E-state index is 6.05. The summed E-state index contributed by atoms with van der Waals surface area (Å²) in [6.07, 6.45) is 1.28. The Bertz CT molecular complexity index is 677. The van der Waals surface area contributed by atoms with Gasteiger partial charge in [-0.15, -0.1) is 0 Å². The van der Waals surface area contributed by atoms with E-state index in [1.54, 1.807) is 0 Å². The summed E-state index contributed by atoms with van der Waals surface area (Å²) in [6, 6.07) is 27.8. The first kappa shape index (κ1) is 16.7. The molecule has 0 spiro atoms. The predicted molar refractivity (Wildman–Crippen MR) is 98.2 cm³/mol. The minimum absolute atomic E-state index is 0.586. The zero-order valence-electron chi connectivity index (χ0n) is 13.6. The molecule has 0 heterocycles. The van der Waals surface area contributed by atoms with Crippen molar-refractivity contribution in [3.8, 4) is 17.2 Å². The molecular formula is C20H18O4Si. The average molecular weight is 350 g/mol. The van der Waals surface area contributed by atoms with E-state index in [2.05, 4.69) is 6.58 Å². The second kappa shape index (κ2) is 8.08. The summed E-state index contributed by atoms with van der Waals surface area (Å²) in [5.41, 5.74) is 0. The molecule has 0 fully saturated rings. The van der Waals surface area contributed by atoms with E-state index in [0.717, 1.165) is 0 Å². The molecule has 0 atom stereocenters. The third-order valence-corrected chi connectivity index (χ3v) is 5.10. The summed E-state index contributed by atoms with van der Waals surface area (Å²) in [6.45, 7) is 3.64. The van der Waals surface area contributed by atoms with Crippen molar-refractivity contribution in [3.05, 3.63) is 104 Å². The van der Waals surface area contributed by atoms with Gasteiger partial charge in [0.05, 0.1) is 6.26 Å². The SMILES string of the molecule is C=CO[Si](Oc1ccccc1)(Oc1ccccc1)Oc1ccccc1. The van der Waals surface area contributed by atoms with Crippen LogP contribution < -0.4 is 13.3 Å². The van der Waals surface area contributed by atoms with Crippen LogP contribution in [0.25, 0.3) is 0 Å². The van der Waals surface area contributed by atoms with Crippen LogP contribution in [0, 0.1) is 0 Å². The molecular weight excluding hydrogens is 332 g/mol. The van der Waals surface area contributed by atoms with Gasteiger partial charge < -0.3 is 17.7 Å². The lowest BCUT2D eigenvalue weighted by Crippen LogP contribution is -2.56. The van der Waals surface area contributed by atoms with Crippen LogP contribution in [0.3, 0.4) is 0 Å². The van der Waals surface area contributed by atoms with Crippen molar-refractivity contribution in [3.63, 3.8) is 0 Å². The summed E-state index contributed by atoms with van der Waals surface area (Å²) in [4.78, 5) is 0. The molecule has 0 amide bonds. The van der Waals surface area contributed by atoms with E-state index in [-0.39, 0.29) is 0 Å². The van der Waals surface area contributed by atoms with E-state index in [4.69, 9.17) is 17.7 Å². The molecule has 0 radical (unpaired) electrons.